The quantitative estimate of drug-likeness (QED) is 0.644. The molecule has 0 spiro atoms. The van der Waals surface area contributed by atoms with Crippen LogP contribution in [0.5, 0.6) is 0 Å². The van der Waals surface area contributed by atoms with E-state index in [0.717, 1.165) is 10.5 Å². The summed E-state index contributed by atoms with van der Waals surface area (Å²) in [5.74, 6) is -0.440. The average molecular weight is 371 g/mol. The highest BCUT2D eigenvalue weighted by molar-refractivity contribution is 7.97. The van der Waals surface area contributed by atoms with E-state index in [1.54, 1.807) is 24.4 Å². The van der Waals surface area contributed by atoms with Gasteiger partial charge < -0.3 is 5.32 Å². The highest BCUT2D eigenvalue weighted by atomic mass is 35.5. The second kappa shape index (κ2) is 5.59. The molecule has 0 radical (unpaired) electrons. The van der Waals surface area contributed by atoms with Gasteiger partial charge in [-0.25, -0.2) is 18.4 Å². The first-order valence-electron chi connectivity index (χ1n) is 6.39. The van der Waals surface area contributed by atoms with E-state index < -0.39 is 15.8 Å². The second-order valence-electron chi connectivity index (χ2n) is 4.75. The van der Waals surface area contributed by atoms with Crippen molar-refractivity contribution >= 4 is 50.4 Å². The maximum atomic E-state index is 12.5. The van der Waals surface area contributed by atoms with Gasteiger partial charge in [-0.2, -0.15) is 0 Å². The lowest BCUT2D eigenvalue weighted by Crippen LogP contribution is -2.35. The Balaban J connectivity index is 2.03. The molecule has 0 aromatic carbocycles. The van der Waals surface area contributed by atoms with Crippen LogP contribution in [0.15, 0.2) is 28.6 Å². The van der Waals surface area contributed by atoms with E-state index in [1.165, 1.54) is 18.4 Å². The van der Waals surface area contributed by atoms with Crippen molar-refractivity contribution in [2.45, 2.75) is 6.92 Å². The molecule has 2 aromatic rings. The third-order valence-corrected chi connectivity index (χ3v) is 6.08. The summed E-state index contributed by atoms with van der Waals surface area (Å²) in [6.07, 6.45) is 1.10. The zero-order chi connectivity index (χ0) is 16.8. The zero-order valence-corrected chi connectivity index (χ0v) is 14.5. The van der Waals surface area contributed by atoms with Crippen LogP contribution in [0, 0.1) is 6.92 Å². The minimum atomic E-state index is -3.92. The first-order valence-corrected chi connectivity index (χ1v) is 9.09. The summed E-state index contributed by atoms with van der Waals surface area (Å²) in [7, 11) is -2.52. The Morgan fingerprint density at radius 2 is 2.13 bits per heavy atom. The molecular formula is C13H11ClN4O3S2. The smallest absolute Gasteiger partial charge is 0.269 e. The number of sulfonamides is 1. The minimum Gasteiger partial charge on any atom is -0.329 e. The number of carbonyl (C=O) groups is 1. The Hall–Kier alpha value is -1.97. The molecule has 0 amide bonds. The number of aromatic nitrogens is 2. The summed E-state index contributed by atoms with van der Waals surface area (Å²) >= 11 is 7.02. The highest BCUT2D eigenvalue weighted by Gasteiger charge is 2.39. The van der Waals surface area contributed by atoms with Gasteiger partial charge in [0, 0.05) is 18.9 Å². The second-order valence-corrected chi connectivity index (χ2v) is 7.99. The molecule has 3 heterocycles. The van der Waals surface area contributed by atoms with Crippen molar-refractivity contribution < 1.29 is 13.2 Å². The summed E-state index contributed by atoms with van der Waals surface area (Å²) in [5.41, 5.74) is 0.994. The number of allylic oxidation sites excluding steroid dienone is 1. The van der Waals surface area contributed by atoms with Gasteiger partial charge in [0.1, 0.15) is 10.0 Å². The molecule has 0 fully saturated rings. The number of fused-ring (bicyclic) bond motifs is 1. The van der Waals surface area contributed by atoms with E-state index in [9.17, 15) is 13.2 Å². The number of anilines is 2. The Kier molecular flexibility index (Phi) is 3.86. The van der Waals surface area contributed by atoms with Gasteiger partial charge in [-0.05, 0) is 24.4 Å². The normalized spacial score (nSPS) is 18.1. The molecule has 120 valence electrons. The maximum Gasteiger partial charge on any atom is 0.269 e. The fraction of sp³-hybridized carbons (Fsp3) is 0.154. The molecule has 0 unspecified atom stereocenters. The molecule has 1 aliphatic rings. The Labute approximate surface area is 141 Å². The van der Waals surface area contributed by atoms with Gasteiger partial charge in [0.05, 0.1) is 5.69 Å². The Morgan fingerprint density at radius 3 is 2.83 bits per heavy atom. The summed E-state index contributed by atoms with van der Waals surface area (Å²) < 4.78 is 26.0. The average Bonchev–Trinajstić information content (AvgIpc) is 2.93. The molecule has 1 aliphatic heterocycles. The predicted molar refractivity (Wildman–Crippen MR) is 89.5 cm³/mol. The number of thiophene rings is 1. The van der Waals surface area contributed by atoms with Crippen molar-refractivity contribution in [1.82, 2.24) is 9.97 Å². The number of nitrogens with zero attached hydrogens (tertiary/aromatic N) is 3. The molecule has 0 saturated heterocycles. The van der Waals surface area contributed by atoms with Crippen molar-refractivity contribution in [2.75, 3.05) is 16.7 Å². The zero-order valence-electron chi connectivity index (χ0n) is 12.1. The number of halogens is 1. The lowest BCUT2D eigenvalue weighted by atomic mass is 10.2. The third kappa shape index (κ3) is 2.71. The Morgan fingerprint density at radius 1 is 1.39 bits per heavy atom. The van der Waals surface area contributed by atoms with Gasteiger partial charge in [-0.1, -0.05) is 11.6 Å². The van der Waals surface area contributed by atoms with E-state index in [1.807, 2.05) is 0 Å². The van der Waals surface area contributed by atoms with Gasteiger partial charge in [-0.15, -0.1) is 11.3 Å². The van der Waals surface area contributed by atoms with E-state index in [0.29, 0.717) is 16.3 Å². The third-order valence-electron chi connectivity index (χ3n) is 3.21. The first kappa shape index (κ1) is 15.9. The van der Waals surface area contributed by atoms with Crippen molar-refractivity contribution in [2.24, 2.45) is 0 Å². The van der Waals surface area contributed by atoms with Crippen LogP contribution in [0.4, 0.5) is 11.6 Å². The SMILES string of the molecule is Cc1cc(Cl)nc(N/C=C2\C(=O)c3sccc3N(C)S2(=O)=O)n1. The van der Waals surface area contributed by atoms with Crippen molar-refractivity contribution in [1.29, 1.82) is 0 Å². The van der Waals surface area contributed by atoms with E-state index >= 15 is 0 Å². The number of hydrogen-bond acceptors (Lipinski definition) is 7. The molecule has 23 heavy (non-hydrogen) atoms. The van der Waals surface area contributed by atoms with Crippen LogP contribution in [-0.4, -0.2) is 31.2 Å². The van der Waals surface area contributed by atoms with Crippen LogP contribution in [-0.2, 0) is 10.0 Å². The number of carbonyl (C=O) groups excluding carboxylic acids is 1. The van der Waals surface area contributed by atoms with Crippen LogP contribution in [0.1, 0.15) is 15.4 Å². The molecule has 0 saturated carbocycles. The van der Waals surface area contributed by atoms with E-state index in [-0.39, 0.29) is 16.0 Å². The largest absolute Gasteiger partial charge is 0.329 e. The van der Waals surface area contributed by atoms with Crippen molar-refractivity contribution in [3.8, 4) is 0 Å². The molecule has 10 heteroatoms. The van der Waals surface area contributed by atoms with Crippen LogP contribution < -0.4 is 9.62 Å². The number of hydrogen-bond donors (Lipinski definition) is 1. The summed E-state index contributed by atoms with van der Waals surface area (Å²) in [6.45, 7) is 1.72. The number of ketones is 1. The predicted octanol–water partition coefficient (Wildman–Crippen LogP) is 2.42. The van der Waals surface area contributed by atoms with E-state index in [4.69, 9.17) is 11.6 Å². The molecule has 1 N–H and O–H groups in total. The summed E-state index contributed by atoms with van der Waals surface area (Å²) in [5, 5.41) is 4.53. The maximum absolute atomic E-state index is 12.5. The lowest BCUT2D eigenvalue weighted by Gasteiger charge is -2.25. The number of Topliss-reactive ketones (excluding diaryl/α,β-unsaturated/α-hetero) is 1. The molecule has 2 aromatic heterocycles. The fourth-order valence-electron chi connectivity index (χ4n) is 2.09. The van der Waals surface area contributed by atoms with Gasteiger partial charge in [0.25, 0.3) is 10.0 Å². The highest BCUT2D eigenvalue weighted by Crippen LogP contribution is 2.37. The topological polar surface area (TPSA) is 92.3 Å². The van der Waals surface area contributed by atoms with Crippen molar-refractivity contribution in [3.05, 3.63) is 44.3 Å². The Bertz CT molecular complexity index is 916. The monoisotopic (exact) mass is 370 g/mol. The molecule has 7 nitrogen and oxygen atoms in total. The van der Waals surface area contributed by atoms with Crippen LogP contribution in [0.25, 0.3) is 0 Å². The number of aryl methyl sites for hydroxylation is 1. The summed E-state index contributed by atoms with van der Waals surface area (Å²) in [4.78, 5) is 20.4. The summed E-state index contributed by atoms with van der Waals surface area (Å²) in [6, 6.07) is 3.16. The molecule has 0 atom stereocenters. The van der Waals surface area contributed by atoms with Gasteiger partial charge in [0.2, 0.25) is 11.7 Å². The molecule has 0 aliphatic carbocycles. The first-order chi connectivity index (χ1) is 10.8. The fourth-order valence-corrected chi connectivity index (χ4v) is 4.58. The number of rotatable bonds is 2. The van der Waals surface area contributed by atoms with Crippen LogP contribution >= 0.6 is 22.9 Å². The van der Waals surface area contributed by atoms with Crippen LogP contribution in [0.2, 0.25) is 5.15 Å². The van der Waals surface area contributed by atoms with Gasteiger partial charge in [-0.3, -0.25) is 9.10 Å². The minimum absolute atomic E-state index is 0.116. The van der Waals surface area contributed by atoms with E-state index in [2.05, 4.69) is 15.3 Å². The molecule has 0 bridgehead atoms. The standard InChI is InChI=1S/C13H11ClN4O3S2/c1-7-5-10(14)17-13(16-7)15-6-9-11(19)12-8(3-4-22-12)18(2)23(9,20)21/h3-6H,1-2H3,(H,15,16,17)/b9-6+. The van der Waals surface area contributed by atoms with Gasteiger partial charge >= 0.3 is 0 Å². The van der Waals surface area contributed by atoms with Gasteiger partial charge in [0.15, 0.2) is 4.91 Å². The van der Waals surface area contributed by atoms with Crippen molar-refractivity contribution in [3.63, 3.8) is 0 Å². The molecule has 3 rings (SSSR count). The van der Waals surface area contributed by atoms with Crippen LogP contribution in [0.3, 0.4) is 0 Å². The molecular weight excluding hydrogens is 360 g/mol. The number of nitrogens with one attached hydrogen (secondary N) is 1. The lowest BCUT2D eigenvalue weighted by molar-refractivity contribution is 0.104.